The molecule has 7 heteroatoms. The SMILES string of the molecule is N#CC(=CNc1ccc(N2CCCCCC2)cc1)c1nn[nH]n1. The van der Waals surface area contributed by atoms with Crippen LogP contribution in [0, 0.1) is 11.3 Å². The van der Waals surface area contributed by atoms with E-state index in [1.807, 2.05) is 12.1 Å². The number of allylic oxidation sites excluding steroid dienone is 1. The van der Waals surface area contributed by atoms with Crippen molar-refractivity contribution in [2.24, 2.45) is 0 Å². The fourth-order valence-electron chi connectivity index (χ4n) is 2.68. The van der Waals surface area contributed by atoms with Crippen molar-refractivity contribution in [1.29, 1.82) is 5.26 Å². The highest BCUT2D eigenvalue weighted by atomic mass is 15.5. The zero-order valence-electron chi connectivity index (χ0n) is 12.9. The monoisotopic (exact) mass is 309 g/mol. The van der Waals surface area contributed by atoms with Crippen LogP contribution in [0.4, 0.5) is 11.4 Å². The Hall–Kier alpha value is -2.88. The van der Waals surface area contributed by atoms with E-state index < -0.39 is 0 Å². The zero-order chi connectivity index (χ0) is 15.9. The fourth-order valence-corrected chi connectivity index (χ4v) is 2.68. The maximum atomic E-state index is 9.13. The topological polar surface area (TPSA) is 93.5 Å². The first-order chi connectivity index (χ1) is 11.4. The zero-order valence-corrected chi connectivity index (χ0v) is 12.9. The first-order valence-corrected chi connectivity index (χ1v) is 7.82. The van der Waals surface area contributed by atoms with Gasteiger partial charge in [-0.15, -0.1) is 10.2 Å². The van der Waals surface area contributed by atoms with Gasteiger partial charge in [-0.25, -0.2) is 0 Å². The van der Waals surface area contributed by atoms with Gasteiger partial charge in [0, 0.05) is 30.7 Å². The summed E-state index contributed by atoms with van der Waals surface area (Å²) >= 11 is 0. The first-order valence-electron chi connectivity index (χ1n) is 7.82. The Kier molecular flexibility index (Phi) is 4.84. The van der Waals surface area contributed by atoms with Crippen molar-refractivity contribution in [3.8, 4) is 6.07 Å². The van der Waals surface area contributed by atoms with Crippen LogP contribution in [0.15, 0.2) is 30.5 Å². The van der Waals surface area contributed by atoms with Gasteiger partial charge in [0.05, 0.1) is 0 Å². The predicted molar refractivity (Wildman–Crippen MR) is 88.5 cm³/mol. The van der Waals surface area contributed by atoms with Crippen molar-refractivity contribution in [2.45, 2.75) is 25.7 Å². The Morgan fingerprint density at radius 3 is 2.52 bits per heavy atom. The summed E-state index contributed by atoms with van der Waals surface area (Å²) in [6.45, 7) is 2.26. The summed E-state index contributed by atoms with van der Waals surface area (Å²) in [4.78, 5) is 2.44. The molecule has 1 aromatic carbocycles. The summed E-state index contributed by atoms with van der Waals surface area (Å²) < 4.78 is 0. The Morgan fingerprint density at radius 2 is 1.91 bits per heavy atom. The molecule has 0 bridgehead atoms. The molecular formula is C16H19N7. The molecule has 0 saturated carbocycles. The van der Waals surface area contributed by atoms with E-state index in [2.05, 4.69) is 49.0 Å². The Morgan fingerprint density at radius 1 is 1.17 bits per heavy atom. The van der Waals surface area contributed by atoms with Crippen molar-refractivity contribution >= 4 is 16.9 Å². The lowest BCUT2D eigenvalue weighted by Gasteiger charge is -2.22. The lowest BCUT2D eigenvalue weighted by atomic mass is 10.2. The number of tetrazole rings is 1. The van der Waals surface area contributed by atoms with Crippen molar-refractivity contribution in [3.63, 3.8) is 0 Å². The second-order valence-corrected chi connectivity index (χ2v) is 5.50. The first kappa shape index (κ1) is 15.0. The molecule has 1 saturated heterocycles. The lowest BCUT2D eigenvalue weighted by Crippen LogP contribution is -2.23. The summed E-state index contributed by atoms with van der Waals surface area (Å²) in [5, 5.41) is 25.6. The average Bonchev–Trinajstić information content (AvgIpc) is 2.98. The van der Waals surface area contributed by atoms with Crippen LogP contribution in [-0.4, -0.2) is 33.7 Å². The third kappa shape index (κ3) is 3.86. The van der Waals surface area contributed by atoms with Crippen LogP contribution in [0.5, 0.6) is 0 Å². The van der Waals surface area contributed by atoms with Crippen LogP contribution in [0.25, 0.3) is 5.57 Å². The van der Waals surface area contributed by atoms with Crippen LogP contribution in [0.1, 0.15) is 31.5 Å². The molecule has 0 amide bonds. The molecule has 1 fully saturated rings. The molecule has 23 heavy (non-hydrogen) atoms. The minimum atomic E-state index is 0.279. The van der Waals surface area contributed by atoms with Crippen molar-refractivity contribution < 1.29 is 0 Å². The smallest absolute Gasteiger partial charge is 0.216 e. The van der Waals surface area contributed by atoms with E-state index in [-0.39, 0.29) is 5.82 Å². The van der Waals surface area contributed by atoms with Gasteiger partial charge in [0.25, 0.3) is 0 Å². The Balaban J connectivity index is 1.66. The second kappa shape index (κ2) is 7.40. The third-order valence-corrected chi connectivity index (χ3v) is 3.93. The minimum Gasteiger partial charge on any atom is -0.372 e. The summed E-state index contributed by atoms with van der Waals surface area (Å²) in [5.41, 5.74) is 2.50. The highest BCUT2D eigenvalue weighted by Crippen LogP contribution is 2.21. The normalized spacial score (nSPS) is 15.8. The number of aromatic amines is 1. The number of hydrogen-bond acceptors (Lipinski definition) is 6. The van der Waals surface area contributed by atoms with Gasteiger partial charge in [-0.1, -0.05) is 12.8 Å². The van der Waals surface area contributed by atoms with Gasteiger partial charge >= 0.3 is 0 Å². The molecule has 118 valence electrons. The number of rotatable bonds is 4. The van der Waals surface area contributed by atoms with E-state index >= 15 is 0 Å². The molecule has 0 unspecified atom stereocenters. The number of aromatic nitrogens is 4. The molecule has 2 aromatic rings. The van der Waals surface area contributed by atoms with Gasteiger partial charge in [0.2, 0.25) is 5.82 Å². The maximum absolute atomic E-state index is 9.13. The van der Waals surface area contributed by atoms with E-state index in [9.17, 15) is 0 Å². The quantitative estimate of drug-likeness (QED) is 0.843. The van der Waals surface area contributed by atoms with Crippen molar-refractivity contribution in [1.82, 2.24) is 20.6 Å². The highest BCUT2D eigenvalue weighted by Gasteiger charge is 2.09. The molecule has 1 aliphatic heterocycles. The van der Waals surface area contributed by atoms with Gasteiger partial charge in [-0.05, 0) is 42.3 Å². The van der Waals surface area contributed by atoms with E-state index in [4.69, 9.17) is 5.26 Å². The van der Waals surface area contributed by atoms with Gasteiger partial charge < -0.3 is 10.2 Å². The van der Waals surface area contributed by atoms with E-state index in [1.54, 1.807) is 6.20 Å². The molecule has 1 aliphatic rings. The number of anilines is 2. The van der Waals surface area contributed by atoms with Crippen LogP contribution < -0.4 is 10.2 Å². The van der Waals surface area contributed by atoms with Crippen molar-refractivity contribution in [2.75, 3.05) is 23.3 Å². The Bertz CT molecular complexity index is 674. The third-order valence-electron chi connectivity index (χ3n) is 3.93. The average molecular weight is 309 g/mol. The van der Waals surface area contributed by atoms with Crippen LogP contribution in [0.2, 0.25) is 0 Å². The number of nitrogens with one attached hydrogen (secondary N) is 2. The van der Waals surface area contributed by atoms with Gasteiger partial charge in [-0.3, -0.25) is 0 Å². The van der Waals surface area contributed by atoms with Crippen LogP contribution in [-0.2, 0) is 0 Å². The lowest BCUT2D eigenvalue weighted by molar-refractivity contribution is 0.726. The molecule has 0 aliphatic carbocycles. The van der Waals surface area contributed by atoms with E-state index in [1.165, 1.54) is 31.4 Å². The maximum Gasteiger partial charge on any atom is 0.216 e. The number of benzene rings is 1. The highest BCUT2D eigenvalue weighted by molar-refractivity contribution is 5.74. The fraction of sp³-hybridized carbons (Fsp3) is 0.375. The largest absolute Gasteiger partial charge is 0.372 e. The number of H-pyrrole nitrogens is 1. The van der Waals surface area contributed by atoms with Gasteiger partial charge in [0.15, 0.2) is 0 Å². The van der Waals surface area contributed by atoms with Gasteiger partial charge in [0.1, 0.15) is 11.6 Å². The predicted octanol–water partition coefficient (Wildman–Crippen LogP) is 2.56. The van der Waals surface area contributed by atoms with Gasteiger partial charge in [-0.2, -0.15) is 10.5 Å². The van der Waals surface area contributed by atoms with E-state index in [0.29, 0.717) is 5.57 Å². The molecule has 7 nitrogen and oxygen atoms in total. The molecule has 2 N–H and O–H groups in total. The molecular weight excluding hydrogens is 290 g/mol. The van der Waals surface area contributed by atoms with E-state index in [0.717, 1.165) is 18.8 Å². The molecule has 3 rings (SSSR count). The summed E-state index contributed by atoms with van der Waals surface area (Å²) in [6, 6.07) is 10.3. The van der Waals surface area contributed by atoms with Crippen LogP contribution >= 0.6 is 0 Å². The standard InChI is InChI=1S/C16H19N7/c17-11-13(16-19-21-22-20-16)12-18-14-5-7-15(8-6-14)23-9-3-1-2-4-10-23/h5-8,12,18H,1-4,9-10H2,(H,19,20,21,22). The summed E-state index contributed by atoms with van der Waals surface area (Å²) in [5.74, 6) is 0.279. The second-order valence-electron chi connectivity index (χ2n) is 5.50. The number of hydrogen-bond donors (Lipinski definition) is 2. The molecule has 0 atom stereocenters. The minimum absolute atomic E-state index is 0.279. The summed E-state index contributed by atoms with van der Waals surface area (Å²) in [7, 11) is 0. The van der Waals surface area contributed by atoms with Crippen LogP contribution in [0.3, 0.4) is 0 Å². The Labute approximate surface area is 135 Å². The van der Waals surface area contributed by atoms with Crippen molar-refractivity contribution in [3.05, 3.63) is 36.3 Å². The number of nitriles is 1. The summed E-state index contributed by atoms with van der Waals surface area (Å²) in [6.07, 6.45) is 6.77. The molecule has 1 aromatic heterocycles. The molecule has 0 radical (unpaired) electrons. The molecule has 0 spiro atoms. The molecule has 2 heterocycles. The number of nitrogens with zero attached hydrogens (tertiary/aromatic N) is 5.